The van der Waals surface area contributed by atoms with Crippen molar-refractivity contribution < 1.29 is 8.42 Å². The largest absolute Gasteiger partial charge is 0.355 e. The van der Waals surface area contributed by atoms with E-state index < -0.39 is 10.0 Å². The van der Waals surface area contributed by atoms with Crippen molar-refractivity contribution in [2.75, 3.05) is 32.4 Å². The first-order valence-electron chi connectivity index (χ1n) is 8.05. The zero-order valence-electron chi connectivity index (χ0n) is 14.7. The predicted octanol–water partition coefficient (Wildman–Crippen LogP) is 2.35. The van der Waals surface area contributed by atoms with Crippen LogP contribution >= 0.6 is 15.9 Å². The van der Waals surface area contributed by atoms with E-state index in [0.29, 0.717) is 25.6 Å². The molecule has 1 aromatic carbocycles. The van der Waals surface area contributed by atoms with Crippen LogP contribution in [0.4, 0.5) is 0 Å². The monoisotopic (exact) mass is 418 g/mol. The Morgan fingerprint density at radius 2 is 1.92 bits per heavy atom. The Hall–Kier alpha value is -1.12. The minimum atomic E-state index is -3.23. The minimum absolute atomic E-state index is 0.0335. The lowest BCUT2D eigenvalue weighted by molar-refractivity contribution is 0.445. The van der Waals surface area contributed by atoms with Gasteiger partial charge in [-0.25, -0.2) is 12.7 Å². The first kappa shape index (κ1) is 20.9. The first-order valence-corrected chi connectivity index (χ1v) is 10.4. The highest BCUT2D eigenvalue weighted by atomic mass is 79.9. The van der Waals surface area contributed by atoms with Crippen molar-refractivity contribution >= 4 is 31.9 Å². The van der Waals surface area contributed by atoms with Crippen molar-refractivity contribution in [2.24, 2.45) is 4.99 Å². The molecule has 1 atom stereocenters. The molecule has 0 aliphatic heterocycles. The second-order valence-corrected chi connectivity index (χ2v) is 8.23. The molecule has 24 heavy (non-hydrogen) atoms. The maximum atomic E-state index is 12.2. The standard InChI is InChI=1S/C16H27BrN4O2S/c1-5-21(6-2)24(22,23)12-11-19-16(18-4)20-13(3)14-9-7-8-10-15(14)17/h7-10,13H,5-6,11-12H2,1-4H3,(H2,18,19,20). The average molecular weight is 419 g/mol. The molecule has 136 valence electrons. The number of sulfonamides is 1. The Bertz CT molecular complexity index is 645. The molecule has 0 saturated carbocycles. The number of nitrogens with one attached hydrogen (secondary N) is 2. The molecule has 1 aromatic rings. The maximum absolute atomic E-state index is 12.2. The zero-order chi connectivity index (χ0) is 18.2. The quantitative estimate of drug-likeness (QED) is 0.501. The van der Waals surface area contributed by atoms with Crippen LogP contribution in [0.1, 0.15) is 32.4 Å². The Balaban J connectivity index is 2.59. The SMILES string of the molecule is CCN(CC)S(=O)(=O)CCNC(=NC)NC(C)c1ccccc1Br. The molecule has 0 aliphatic carbocycles. The Morgan fingerprint density at radius 1 is 1.29 bits per heavy atom. The highest BCUT2D eigenvalue weighted by molar-refractivity contribution is 9.10. The van der Waals surface area contributed by atoms with Gasteiger partial charge in [0.1, 0.15) is 0 Å². The van der Waals surface area contributed by atoms with Crippen molar-refractivity contribution in [3.8, 4) is 0 Å². The molecule has 0 saturated heterocycles. The van der Waals surface area contributed by atoms with E-state index >= 15 is 0 Å². The van der Waals surface area contributed by atoms with Gasteiger partial charge < -0.3 is 10.6 Å². The molecule has 6 nitrogen and oxygen atoms in total. The van der Waals surface area contributed by atoms with Crippen molar-refractivity contribution in [2.45, 2.75) is 26.8 Å². The molecule has 0 aromatic heterocycles. The highest BCUT2D eigenvalue weighted by Gasteiger charge is 2.18. The number of halogens is 1. The van der Waals surface area contributed by atoms with Gasteiger partial charge in [0.2, 0.25) is 10.0 Å². The van der Waals surface area contributed by atoms with Gasteiger partial charge in [-0.1, -0.05) is 48.0 Å². The van der Waals surface area contributed by atoms with Gasteiger partial charge in [-0.2, -0.15) is 0 Å². The molecule has 0 aliphatic rings. The summed E-state index contributed by atoms with van der Waals surface area (Å²) in [5, 5.41) is 6.33. The average Bonchev–Trinajstić information content (AvgIpc) is 2.54. The van der Waals surface area contributed by atoms with Crippen LogP contribution in [0.15, 0.2) is 33.7 Å². The molecule has 0 radical (unpaired) electrons. The maximum Gasteiger partial charge on any atom is 0.215 e. The summed E-state index contributed by atoms with van der Waals surface area (Å²) in [6.07, 6.45) is 0. The van der Waals surface area contributed by atoms with Crippen LogP contribution < -0.4 is 10.6 Å². The van der Waals surface area contributed by atoms with Gasteiger partial charge in [-0.15, -0.1) is 0 Å². The van der Waals surface area contributed by atoms with Crippen LogP contribution in [0.25, 0.3) is 0 Å². The summed E-state index contributed by atoms with van der Waals surface area (Å²) in [4.78, 5) is 4.16. The lowest BCUT2D eigenvalue weighted by atomic mass is 10.1. The second kappa shape index (κ2) is 10.0. The van der Waals surface area contributed by atoms with E-state index in [1.165, 1.54) is 4.31 Å². The van der Waals surface area contributed by atoms with Crippen LogP contribution in [0.3, 0.4) is 0 Å². The third-order valence-corrected chi connectivity index (χ3v) is 6.45. The third-order valence-electron chi connectivity index (χ3n) is 3.70. The van der Waals surface area contributed by atoms with E-state index in [4.69, 9.17) is 0 Å². The van der Waals surface area contributed by atoms with Gasteiger partial charge in [-0.05, 0) is 18.6 Å². The van der Waals surface area contributed by atoms with Crippen LogP contribution in [0, 0.1) is 0 Å². The predicted molar refractivity (Wildman–Crippen MR) is 104 cm³/mol. The third kappa shape index (κ3) is 6.07. The van der Waals surface area contributed by atoms with Gasteiger partial charge in [0, 0.05) is 31.2 Å². The highest BCUT2D eigenvalue weighted by Crippen LogP contribution is 2.22. The summed E-state index contributed by atoms with van der Waals surface area (Å²) in [5.41, 5.74) is 1.11. The number of hydrogen-bond donors (Lipinski definition) is 2. The fourth-order valence-electron chi connectivity index (χ4n) is 2.35. The summed E-state index contributed by atoms with van der Waals surface area (Å²) in [7, 11) is -1.57. The second-order valence-electron chi connectivity index (χ2n) is 5.29. The summed E-state index contributed by atoms with van der Waals surface area (Å²) < 4.78 is 26.8. The van der Waals surface area contributed by atoms with Gasteiger partial charge in [0.15, 0.2) is 5.96 Å². The van der Waals surface area contributed by atoms with E-state index in [9.17, 15) is 8.42 Å². The van der Waals surface area contributed by atoms with Gasteiger partial charge in [-0.3, -0.25) is 4.99 Å². The van der Waals surface area contributed by atoms with Crippen molar-refractivity contribution in [3.63, 3.8) is 0 Å². The summed E-state index contributed by atoms with van der Waals surface area (Å²) in [5.74, 6) is 0.617. The summed E-state index contributed by atoms with van der Waals surface area (Å²) >= 11 is 3.53. The summed E-state index contributed by atoms with van der Waals surface area (Å²) in [6, 6.07) is 7.99. The summed E-state index contributed by atoms with van der Waals surface area (Å²) in [6.45, 7) is 7.00. The van der Waals surface area contributed by atoms with Gasteiger partial charge in [0.05, 0.1) is 11.8 Å². The topological polar surface area (TPSA) is 73.8 Å². The van der Waals surface area contributed by atoms with Crippen LogP contribution in [-0.2, 0) is 10.0 Å². The normalized spacial score (nSPS) is 13.8. The fraction of sp³-hybridized carbons (Fsp3) is 0.562. The molecule has 0 spiro atoms. The molecule has 1 unspecified atom stereocenters. The Morgan fingerprint density at radius 3 is 2.46 bits per heavy atom. The number of nitrogens with zero attached hydrogens (tertiary/aromatic N) is 2. The molecule has 0 fully saturated rings. The molecule has 8 heteroatoms. The number of benzene rings is 1. The number of hydrogen-bond acceptors (Lipinski definition) is 3. The lowest BCUT2D eigenvalue weighted by Gasteiger charge is -2.21. The first-order chi connectivity index (χ1) is 11.4. The molecule has 1 rings (SSSR count). The van der Waals surface area contributed by atoms with Crippen molar-refractivity contribution in [1.82, 2.24) is 14.9 Å². The van der Waals surface area contributed by atoms with E-state index in [-0.39, 0.29) is 11.8 Å². The van der Waals surface area contributed by atoms with Gasteiger partial charge >= 0.3 is 0 Å². The molecular formula is C16H27BrN4O2S. The van der Waals surface area contributed by atoms with Gasteiger partial charge in [0.25, 0.3) is 0 Å². The molecule has 0 bridgehead atoms. The van der Waals surface area contributed by atoms with E-state index in [2.05, 4.69) is 31.6 Å². The lowest BCUT2D eigenvalue weighted by Crippen LogP contribution is -2.42. The van der Waals surface area contributed by atoms with Crippen LogP contribution in [-0.4, -0.2) is 51.1 Å². The number of rotatable bonds is 8. The Labute approximate surface area is 153 Å². The van der Waals surface area contributed by atoms with Crippen molar-refractivity contribution in [1.29, 1.82) is 0 Å². The minimum Gasteiger partial charge on any atom is -0.355 e. The van der Waals surface area contributed by atoms with Crippen molar-refractivity contribution in [3.05, 3.63) is 34.3 Å². The molecular weight excluding hydrogens is 392 g/mol. The molecule has 0 heterocycles. The number of aliphatic imine (C=N–C) groups is 1. The van der Waals surface area contributed by atoms with E-state index in [1.807, 2.05) is 45.0 Å². The van der Waals surface area contributed by atoms with Crippen LogP contribution in [0.5, 0.6) is 0 Å². The Kier molecular flexibility index (Phi) is 8.72. The van der Waals surface area contributed by atoms with Crippen LogP contribution in [0.2, 0.25) is 0 Å². The van der Waals surface area contributed by atoms with E-state index in [0.717, 1.165) is 10.0 Å². The fourth-order valence-corrected chi connectivity index (χ4v) is 4.38. The molecule has 0 amide bonds. The molecule has 2 N–H and O–H groups in total. The number of guanidine groups is 1. The smallest absolute Gasteiger partial charge is 0.215 e. The van der Waals surface area contributed by atoms with E-state index in [1.54, 1.807) is 7.05 Å². The zero-order valence-corrected chi connectivity index (χ0v) is 17.1.